The number of benzene rings is 1. The van der Waals surface area contributed by atoms with Gasteiger partial charge in [-0.2, -0.15) is 10.2 Å². The van der Waals surface area contributed by atoms with Crippen LogP contribution in [0.3, 0.4) is 0 Å². The fourth-order valence-electron chi connectivity index (χ4n) is 3.22. The average Bonchev–Trinajstić information content (AvgIpc) is 3.06. The Morgan fingerprint density at radius 1 is 1.07 bits per heavy atom. The van der Waals surface area contributed by atoms with E-state index >= 15 is 0 Å². The van der Waals surface area contributed by atoms with E-state index in [0.717, 1.165) is 11.3 Å². The Labute approximate surface area is 172 Å². The SMILES string of the molecule is Cc1nn(Cc2ccc(Cl)cc2)c(C)c1NC(=O)Cn1nc(C)c([N+](=O)[O-])c1C. The van der Waals surface area contributed by atoms with Crippen molar-refractivity contribution in [3.05, 3.63) is 67.7 Å². The van der Waals surface area contributed by atoms with E-state index < -0.39 is 4.92 Å². The van der Waals surface area contributed by atoms with Crippen LogP contribution in [-0.2, 0) is 17.9 Å². The van der Waals surface area contributed by atoms with Crippen molar-refractivity contribution >= 4 is 28.9 Å². The van der Waals surface area contributed by atoms with Crippen molar-refractivity contribution in [2.75, 3.05) is 5.32 Å². The third-order valence-corrected chi connectivity index (χ3v) is 4.96. The van der Waals surface area contributed by atoms with Crippen molar-refractivity contribution in [3.63, 3.8) is 0 Å². The normalized spacial score (nSPS) is 10.9. The molecule has 1 N–H and O–H groups in total. The molecular weight excluding hydrogens is 396 g/mol. The van der Waals surface area contributed by atoms with E-state index in [9.17, 15) is 14.9 Å². The molecule has 0 spiro atoms. The molecule has 152 valence electrons. The molecule has 0 aliphatic heterocycles. The number of anilines is 1. The molecule has 10 heteroatoms. The summed E-state index contributed by atoms with van der Waals surface area (Å²) in [5.74, 6) is -0.331. The van der Waals surface area contributed by atoms with E-state index in [2.05, 4.69) is 15.5 Å². The predicted molar refractivity (Wildman–Crippen MR) is 109 cm³/mol. The van der Waals surface area contributed by atoms with Crippen molar-refractivity contribution < 1.29 is 9.72 Å². The van der Waals surface area contributed by atoms with Crippen molar-refractivity contribution in [2.45, 2.75) is 40.8 Å². The quantitative estimate of drug-likeness (QED) is 0.488. The molecule has 0 saturated heterocycles. The molecule has 9 nitrogen and oxygen atoms in total. The number of aryl methyl sites for hydroxylation is 2. The maximum atomic E-state index is 12.5. The van der Waals surface area contributed by atoms with Gasteiger partial charge in [-0.1, -0.05) is 23.7 Å². The highest BCUT2D eigenvalue weighted by atomic mass is 35.5. The molecule has 0 bridgehead atoms. The molecule has 0 aliphatic carbocycles. The van der Waals surface area contributed by atoms with Gasteiger partial charge in [0.15, 0.2) is 0 Å². The minimum atomic E-state index is -0.485. The number of hydrogen-bond donors (Lipinski definition) is 1. The van der Waals surface area contributed by atoms with Crippen molar-refractivity contribution in [1.82, 2.24) is 19.6 Å². The number of nitro groups is 1. The smallest absolute Gasteiger partial charge is 0.312 e. The summed E-state index contributed by atoms with van der Waals surface area (Å²) in [7, 11) is 0. The number of amides is 1. The zero-order valence-corrected chi connectivity index (χ0v) is 17.3. The van der Waals surface area contributed by atoms with Crippen LogP contribution >= 0.6 is 11.6 Å². The third kappa shape index (κ3) is 4.29. The molecule has 3 rings (SSSR count). The Hall–Kier alpha value is -3.20. The average molecular weight is 417 g/mol. The molecule has 0 aliphatic rings. The molecule has 2 heterocycles. The van der Waals surface area contributed by atoms with Crippen LogP contribution < -0.4 is 5.32 Å². The van der Waals surface area contributed by atoms with Gasteiger partial charge in [-0.15, -0.1) is 0 Å². The fourth-order valence-corrected chi connectivity index (χ4v) is 3.34. The zero-order valence-electron chi connectivity index (χ0n) is 16.6. The van der Waals surface area contributed by atoms with Gasteiger partial charge in [0.2, 0.25) is 5.91 Å². The van der Waals surface area contributed by atoms with E-state index in [4.69, 9.17) is 11.6 Å². The Bertz CT molecular complexity index is 1080. The monoisotopic (exact) mass is 416 g/mol. The summed E-state index contributed by atoms with van der Waals surface area (Å²) in [4.78, 5) is 23.2. The number of carbonyl (C=O) groups excluding carboxylic acids is 1. The Morgan fingerprint density at radius 3 is 2.28 bits per heavy atom. The summed E-state index contributed by atoms with van der Waals surface area (Å²) in [6.45, 7) is 7.24. The summed E-state index contributed by atoms with van der Waals surface area (Å²) in [6.07, 6.45) is 0. The second-order valence-corrected chi connectivity index (χ2v) is 7.25. The summed E-state index contributed by atoms with van der Waals surface area (Å²) in [5, 5.41) is 23.3. The van der Waals surface area contributed by atoms with Crippen LogP contribution in [0.4, 0.5) is 11.4 Å². The standard InChI is InChI=1S/C19H21ClN6O3/c1-11-18(13(3)24(22-11)9-15-5-7-16(20)8-6-15)21-17(27)10-25-14(4)19(26(28)29)12(2)23-25/h5-8H,9-10H2,1-4H3,(H,21,27). The molecule has 0 fully saturated rings. The van der Waals surface area contributed by atoms with Gasteiger partial charge < -0.3 is 5.32 Å². The third-order valence-electron chi connectivity index (χ3n) is 4.71. The van der Waals surface area contributed by atoms with Gasteiger partial charge in [-0.25, -0.2) is 0 Å². The first kappa shape index (κ1) is 20.5. The summed E-state index contributed by atoms with van der Waals surface area (Å²) in [6, 6.07) is 7.48. The fraction of sp³-hybridized carbons (Fsp3) is 0.316. The van der Waals surface area contributed by atoms with Gasteiger partial charge in [-0.05, 0) is 45.4 Å². The Kier molecular flexibility index (Phi) is 5.69. The highest BCUT2D eigenvalue weighted by molar-refractivity contribution is 6.30. The van der Waals surface area contributed by atoms with Crippen LogP contribution in [0, 0.1) is 37.8 Å². The maximum Gasteiger partial charge on any atom is 0.312 e. The van der Waals surface area contributed by atoms with Crippen LogP contribution in [-0.4, -0.2) is 30.4 Å². The van der Waals surface area contributed by atoms with Gasteiger partial charge in [0.05, 0.1) is 28.5 Å². The molecule has 1 amide bonds. The molecule has 0 unspecified atom stereocenters. The van der Waals surface area contributed by atoms with E-state index in [-0.39, 0.29) is 23.8 Å². The Morgan fingerprint density at radius 2 is 1.69 bits per heavy atom. The molecule has 3 aromatic rings. The minimum Gasteiger partial charge on any atom is -0.321 e. The van der Waals surface area contributed by atoms with Crippen molar-refractivity contribution in [2.24, 2.45) is 0 Å². The first-order valence-electron chi connectivity index (χ1n) is 8.94. The summed E-state index contributed by atoms with van der Waals surface area (Å²) in [5.41, 5.74) is 3.71. The van der Waals surface area contributed by atoms with Crippen molar-refractivity contribution in [3.8, 4) is 0 Å². The number of hydrogen-bond acceptors (Lipinski definition) is 5. The van der Waals surface area contributed by atoms with Gasteiger partial charge in [-0.3, -0.25) is 24.3 Å². The van der Waals surface area contributed by atoms with Crippen molar-refractivity contribution in [1.29, 1.82) is 0 Å². The number of aromatic nitrogens is 4. The van der Waals surface area contributed by atoms with Crippen LogP contribution in [0.2, 0.25) is 5.02 Å². The maximum absolute atomic E-state index is 12.5. The van der Waals surface area contributed by atoms with E-state index in [1.807, 2.05) is 42.8 Å². The number of halogens is 1. The van der Waals surface area contributed by atoms with E-state index in [1.54, 1.807) is 13.8 Å². The van der Waals surface area contributed by atoms with E-state index in [0.29, 0.717) is 28.6 Å². The lowest BCUT2D eigenvalue weighted by Crippen LogP contribution is -2.21. The zero-order chi connectivity index (χ0) is 21.3. The van der Waals surface area contributed by atoms with Gasteiger partial charge in [0.1, 0.15) is 17.9 Å². The van der Waals surface area contributed by atoms with Crippen LogP contribution in [0.5, 0.6) is 0 Å². The van der Waals surface area contributed by atoms with Gasteiger partial charge >= 0.3 is 5.69 Å². The number of carbonyl (C=O) groups is 1. The molecule has 1 aromatic carbocycles. The minimum absolute atomic E-state index is 0.0686. The second kappa shape index (κ2) is 8.04. The first-order valence-corrected chi connectivity index (χ1v) is 9.32. The van der Waals surface area contributed by atoms with Gasteiger partial charge in [0, 0.05) is 5.02 Å². The first-order chi connectivity index (χ1) is 13.7. The molecule has 0 radical (unpaired) electrons. The summed E-state index contributed by atoms with van der Waals surface area (Å²) < 4.78 is 3.15. The molecule has 0 atom stereocenters. The highest BCUT2D eigenvalue weighted by Crippen LogP contribution is 2.23. The lowest BCUT2D eigenvalue weighted by atomic mass is 10.2. The highest BCUT2D eigenvalue weighted by Gasteiger charge is 2.23. The molecular formula is C19H21ClN6O3. The van der Waals surface area contributed by atoms with Crippen LogP contribution in [0.25, 0.3) is 0 Å². The lowest BCUT2D eigenvalue weighted by molar-refractivity contribution is -0.386. The van der Waals surface area contributed by atoms with Crippen LogP contribution in [0.1, 0.15) is 28.3 Å². The van der Waals surface area contributed by atoms with Crippen LogP contribution in [0.15, 0.2) is 24.3 Å². The predicted octanol–water partition coefficient (Wildman–Crippen LogP) is 3.56. The van der Waals surface area contributed by atoms with E-state index in [1.165, 1.54) is 4.68 Å². The molecule has 2 aromatic heterocycles. The number of nitrogens with one attached hydrogen (secondary N) is 1. The number of rotatable bonds is 6. The molecule has 29 heavy (non-hydrogen) atoms. The number of nitrogens with zero attached hydrogens (tertiary/aromatic N) is 5. The molecule has 0 saturated carbocycles. The Balaban J connectivity index is 1.76. The second-order valence-electron chi connectivity index (χ2n) is 6.81. The topological polar surface area (TPSA) is 108 Å². The van der Waals surface area contributed by atoms with Gasteiger partial charge in [0.25, 0.3) is 0 Å². The summed E-state index contributed by atoms with van der Waals surface area (Å²) >= 11 is 5.92. The lowest BCUT2D eigenvalue weighted by Gasteiger charge is -2.08. The largest absolute Gasteiger partial charge is 0.321 e.